The van der Waals surface area contributed by atoms with Crippen LogP contribution in [-0.4, -0.2) is 37.9 Å². The van der Waals surface area contributed by atoms with E-state index < -0.39 is 15.7 Å². The van der Waals surface area contributed by atoms with Gasteiger partial charge in [0.25, 0.3) is 5.91 Å². The summed E-state index contributed by atoms with van der Waals surface area (Å²) in [4.78, 5) is 14.8. The number of sulfone groups is 1. The number of carbonyl (C=O) groups is 1. The molecule has 8 heteroatoms. The summed E-state index contributed by atoms with van der Waals surface area (Å²) >= 11 is 12.0. The molecule has 0 fully saturated rings. The molecule has 1 aromatic heterocycles. The van der Waals surface area contributed by atoms with Crippen LogP contribution in [0.4, 0.5) is 0 Å². The van der Waals surface area contributed by atoms with Crippen LogP contribution in [0, 0.1) is 0 Å². The van der Waals surface area contributed by atoms with Crippen molar-refractivity contribution < 1.29 is 13.2 Å². The standard InChI is InChI=1S/C12H12Cl2N2O3S/c1-20(18,19)5-4-15-12(17)11-10(14)8-6-7(13)2-3-9(8)16-11/h2-3,6,16H,4-5H2,1H3,(H,15,17). The minimum Gasteiger partial charge on any atom is -0.350 e. The van der Waals surface area contributed by atoms with Gasteiger partial charge >= 0.3 is 0 Å². The van der Waals surface area contributed by atoms with Crippen molar-refractivity contribution in [3.8, 4) is 0 Å². The Labute approximate surface area is 126 Å². The molecule has 2 aromatic rings. The van der Waals surface area contributed by atoms with Crippen LogP contribution in [0.25, 0.3) is 10.9 Å². The summed E-state index contributed by atoms with van der Waals surface area (Å²) in [5, 5.41) is 3.93. The molecule has 1 heterocycles. The number of hydrogen-bond donors (Lipinski definition) is 2. The molecular formula is C12H12Cl2N2O3S. The van der Waals surface area contributed by atoms with Gasteiger partial charge in [0.05, 0.1) is 10.8 Å². The van der Waals surface area contributed by atoms with E-state index >= 15 is 0 Å². The summed E-state index contributed by atoms with van der Waals surface area (Å²) < 4.78 is 22.0. The lowest BCUT2D eigenvalue weighted by molar-refractivity contribution is 0.0952. The summed E-state index contributed by atoms with van der Waals surface area (Å²) in [6.07, 6.45) is 1.11. The van der Waals surface area contributed by atoms with Gasteiger partial charge in [0, 0.05) is 28.7 Å². The Kier molecular flexibility index (Phi) is 4.27. The third kappa shape index (κ3) is 3.45. The zero-order chi connectivity index (χ0) is 14.9. The molecule has 5 nitrogen and oxygen atoms in total. The first-order valence-electron chi connectivity index (χ1n) is 5.70. The van der Waals surface area contributed by atoms with Crippen LogP contribution < -0.4 is 5.32 Å². The fraction of sp³-hybridized carbons (Fsp3) is 0.250. The molecule has 0 saturated heterocycles. The van der Waals surface area contributed by atoms with Gasteiger partial charge in [0.15, 0.2) is 0 Å². The highest BCUT2D eigenvalue weighted by molar-refractivity contribution is 7.90. The number of benzene rings is 1. The number of aromatic nitrogens is 1. The van der Waals surface area contributed by atoms with Crippen LogP contribution in [0.15, 0.2) is 18.2 Å². The van der Waals surface area contributed by atoms with E-state index in [4.69, 9.17) is 23.2 Å². The average molecular weight is 335 g/mol. The molecule has 2 N–H and O–H groups in total. The molecular weight excluding hydrogens is 323 g/mol. The summed E-state index contributed by atoms with van der Waals surface area (Å²) in [6.45, 7) is 0.0319. The fourth-order valence-electron chi connectivity index (χ4n) is 1.73. The van der Waals surface area contributed by atoms with Crippen LogP contribution in [0.5, 0.6) is 0 Å². The molecule has 0 aliphatic heterocycles. The number of nitrogens with one attached hydrogen (secondary N) is 2. The lowest BCUT2D eigenvalue weighted by Gasteiger charge is -2.02. The number of rotatable bonds is 4. The van der Waals surface area contributed by atoms with Crippen molar-refractivity contribution in [2.75, 3.05) is 18.6 Å². The summed E-state index contributed by atoms with van der Waals surface area (Å²) in [5.41, 5.74) is 0.880. The van der Waals surface area contributed by atoms with Crippen molar-refractivity contribution in [2.24, 2.45) is 0 Å². The normalized spacial score (nSPS) is 11.8. The summed E-state index contributed by atoms with van der Waals surface area (Å²) in [5.74, 6) is -0.575. The maximum atomic E-state index is 12.0. The first-order chi connectivity index (χ1) is 9.28. The average Bonchev–Trinajstić information content (AvgIpc) is 2.65. The van der Waals surface area contributed by atoms with E-state index in [1.807, 2.05) is 0 Å². The minimum absolute atomic E-state index is 0.0319. The molecule has 0 unspecified atom stereocenters. The smallest absolute Gasteiger partial charge is 0.269 e. The minimum atomic E-state index is -3.12. The second-order valence-electron chi connectivity index (χ2n) is 4.39. The van der Waals surface area contributed by atoms with Crippen molar-refractivity contribution in [1.29, 1.82) is 0 Å². The fourth-order valence-corrected chi connectivity index (χ4v) is 2.66. The topological polar surface area (TPSA) is 79.0 Å². The molecule has 0 bridgehead atoms. The molecule has 0 aliphatic carbocycles. The van der Waals surface area contributed by atoms with Crippen LogP contribution in [-0.2, 0) is 9.84 Å². The molecule has 0 atom stereocenters. The summed E-state index contributed by atoms with van der Waals surface area (Å²) in [6, 6.07) is 5.06. The number of H-pyrrole nitrogens is 1. The third-order valence-corrected chi connectivity index (χ3v) is 4.26. The maximum Gasteiger partial charge on any atom is 0.269 e. The first-order valence-corrected chi connectivity index (χ1v) is 8.52. The number of fused-ring (bicyclic) bond motifs is 1. The molecule has 2 rings (SSSR count). The van der Waals surface area contributed by atoms with Crippen molar-refractivity contribution in [3.63, 3.8) is 0 Å². The van der Waals surface area contributed by atoms with Crippen LogP contribution in [0.1, 0.15) is 10.5 Å². The predicted molar refractivity (Wildman–Crippen MR) is 80.4 cm³/mol. The SMILES string of the molecule is CS(=O)(=O)CCNC(=O)c1[nH]c2ccc(Cl)cc2c1Cl. The molecule has 0 spiro atoms. The second-order valence-corrected chi connectivity index (χ2v) is 7.46. The van der Waals surface area contributed by atoms with Gasteiger partial charge < -0.3 is 10.3 Å². The van der Waals surface area contributed by atoms with Crippen molar-refractivity contribution in [2.45, 2.75) is 0 Å². The molecule has 1 amide bonds. The van der Waals surface area contributed by atoms with Crippen molar-refractivity contribution in [1.82, 2.24) is 10.3 Å². The van der Waals surface area contributed by atoms with Gasteiger partial charge in [-0.25, -0.2) is 8.42 Å². The lowest BCUT2D eigenvalue weighted by atomic mass is 10.2. The van der Waals surface area contributed by atoms with Crippen LogP contribution in [0.2, 0.25) is 10.0 Å². The molecule has 0 saturated carbocycles. The van der Waals surface area contributed by atoms with Crippen molar-refractivity contribution in [3.05, 3.63) is 33.9 Å². The monoisotopic (exact) mass is 334 g/mol. The van der Waals surface area contributed by atoms with Gasteiger partial charge in [-0.2, -0.15) is 0 Å². The van der Waals surface area contributed by atoms with Gasteiger partial charge in [-0.05, 0) is 18.2 Å². The van der Waals surface area contributed by atoms with Crippen LogP contribution >= 0.6 is 23.2 Å². The van der Waals surface area contributed by atoms with E-state index in [2.05, 4.69) is 10.3 Å². The van der Waals surface area contributed by atoms with E-state index in [-0.39, 0.29) is 23.0 Å². The van der Waals surface area contributed by atoms with E-state index in [1.165, 1.54) is 0 Å². The highest BCUT2D eigenvalue weighted by atomic mass is 35.5. The number of aromatic amines is 1. The molecule has 20 heavy (non-hydrogen) atoms. The number of hydrogen-bond acceptors (Lipinski definition) is 3. The highest BCUT2D eigenvalue weighted by Crippen LogP contribution is 2.29. The Bertz CT molecular complexity index is 768. The van der Waals surface area contributed by atoms with E-state index in [9.17, 15) is 13.2 Å². The number of amides is 1. The van der Waals surface area contributed by atoms with Crippen molar-refractivity contribution >= 4 is 49.8 Å². The predicted octanol–water partition coefficient (Wildman–Crippen LogP) is 2.25. The zero-order valence-electron chi connectivity index (χ0n) is 10.5. The third-order valence-electron chi connectivity index (χ3n) is 2.68. The van der Waals surface area contributed by atoms with E-state index in [1.54, 1.807) is 18.2 Å². The number of halogens is 2. The lowest BCUT2D eigenvalue weighted by Crippen LogP contribution is -2.29. The Hall–Kier alpha value is -1.24. The van der Waals surface area contributed by atoms with E-state index in [0.29, 0.717) is 15.9 Å². The Morgan fingerprint density at radius 1 is 1.35 bits per heavy atom. The zero-order valence-corrected chi connectivity index (χ0v) is 12.9. The Balaban J connectivity index is 2.20. The quantitative estimate of drug-likeness (QED) is 0.899. The molecule has 0 radical (unpaired) electrons. The van der Waals surface area contributed by atoms with Gasteiger partial charge in [-0.1, -0.05) is 23.2 Å². The largest absolute Gasteiger partial charge is 0.350 e. The molecule has 108 valence electrons. The number of carbonyl (C=O) groups excluding carboxylic acids is 1. The second kappa shape index (κ2) is 5.63. The van der Waals surface area contributed by atoms with Crippen LogP contribution in [0.3, 0.4) is 0 Å². The highest BCUT2D eigenvalue weighted by Gasteiger charge is 2.16. The van der Waals surface area contributed by atoms with Gasteiger partial charge in [-0.3, -0.25) is 4.79 Å². The van der Waals surface area contributed by atoms with E-state index in [0.717, 1.165) is 6.26 Å². The van der Waals surface area contributed by atoms with Gasteiger partial charge in [0.1, 0.15) is 15.5 Å². The molecule has 0 aliphatic rings. The van der Waals surface area contributed by atoms with Gasteiger partial charge in [0.2, 0.25) is 0 Å². The molecule has 1 aromatic carbocycles. The Morgan fingerprint density at radius 3 is 2.70 bits per heavy atom. The summed E-state index contributed by atoms with van der Waals surface area (Å²) in [7, 11) is -3.12. The Morgan fingerprint density at radius 2 is 2.05 bits per heavy atom. The van der Waals surface area contributed by atoms with Gasteiger partial charge in [-0.15, -0.1) is 0 Å². The maximum absolute atomic E-state index is 12.0. The first kappa shape index (κ1) is 15.2.